The van der Waals surface area contributed by atoms with Gasteiger partial charge >= 0.3 is 6.29 Å². The van der Waals surface area contributed by atoms with Crippen molar-refractivity contribution >= 4 is 6.29 Å². The highest BCUT2D eigenvalue weighted by Crippen LogP contribution is 1.31. The van der Waals surface area contributed by atoms with Crippen LogP contribution in [0.25, 0.3) is 0 Å². The van der Waals surface area contributed by atoms with Gasteiger partial charge in [-0.1, -0.05) is 0 Å². The Kier molecular flexibility index (Phi) is 3.04. The molecule has 0 bridgehead atoms. The molecule has 3 heteroatoms. The summed E-state index contributed by atoms with van der Waals surface area (Å²) in [6.45, 7) is -0.316. The number of aldehydes is 1. The van der Waals surface area contributed by atoms with Gasteiger partial charge in [0.25, 0.3) is 0 Å². The van der Waals surface area contributed by atoms with E-state index in [1.165, 1.54) is 0 Å². The molecule has 0 aliphatic carbocycles. The summed E-state index contributed by atoms with van der Waals surface area (Å²) in [5.41, 5.74) is 0. The van der Waals surface area contributed by atoms with E-state index in [2.05, 4.69) is 4.58 Å². The summed E-state index contributed by atoms with van der Waals surface area (Å²) in [5.74, 6) is 0. The highest BCUT2D eigenvalue weighted by Gasteiger charge is 1.67. The van der Waals surface area contributed by atoms with Crippen molar-refractivity contribution in [1.82, 2.24) is 0 Å². The van der Waals surface area contributed by atoms with E-state index < -0.39 is 0 Å². The highest BCUT2D eigenvalue weighted by atomic mass is 17.1. The molecule has 30 valence electrons. The van der Waals surface area contributed by atoms with Crippen molar-refractivity contribution in [1.29, 1.82) is 0 Å². The lowest BCUT2D eigenvalue weighted by atomic mass is 10.9. The van der Waals surface area contributed by atoms with E-state index in [0.29, 0.717) is 0 Å². The molecule has 3 nitrogen and oxygen atoms in total. The first-order chi connectivity index (χ1) is 2.41. The monoisotopic (exact) mass is 76.0 g/mol. The van der Waals surface area contributed by atoms with E-state index in [1.807, 2.05) is 0 Å². The summed E-state index contributed by atoms with van der Waals surface area (Å²) >= 11 is 0. The second-order valence-electron chi connectivity index (χ2n) is 0.445. The number of hydrogen-bond acceptors (Lipinski definition) is 2. The molecular formula is C2H4O3. The molecule has 0 saturated heterocycles. The van der Waals surface area contributed by atoms with Crippen molar-refractivity contribution in [2.75, 3.05) is 6.61 Å². The van der Waals surface area contributed by atoms with Crippen LogP contribution >= 0.6 is 0 Å². The molecule has 0 unspecified atom stereocenters. The Morgan fingerprint density at radius 3 is 2.60 bits per heavy atom. The standard InChI is InChI=1S/C2H4O3/c3-1-2-5-4/h2-3H,1H2. The van der Waals surface area contributed by atoms with Crippen molar-refractivity contribution in [3.8, 4) is 0 Å². The third-order valence-electron chi connectivity index (χ3n) is 0.143. The van der Waals surface area contributed by atoms with E-state index in [0.717, 1.165) is 6.29 Å². The molecule has 0 fully saturated rings. The molecule has 0 aliphatic rings. The van der Waals surface area contributed by atoms with Gasteiger partial charge in [-0.05, 0) is 0 Å². The Balaban J connectivity index is 2.62. The molecule has 0 aromatic carbocycles. The van der Waals surface area contributed by atoms with Crippen LogP contribution < -0.4 is 5.26 Å². The summed E-state index contributed by atoms with van der Waals surface area (Å²) in [6.07, 6.45) is 0.750. The van der Waals surface area contributed by atoms with Gasteiger partial charge in [-0.15, -0.1) is 0 Å². The van der Waals surface area contributed by atoms with Crippen LogP contribution in [0.3, 0.4) is 0 Å². The summed E-state index contributed by atoms with van der Waals surface area (Å²) in [5, 5.41) is 16.5. The van der Waals surface area contributed by atoms with Gasteiger partial charge in [0.2, 0.25) is 0 Å². The second-order valence-corrected chi connectivity index (χ2v) is 0.445. The van der Waals surface area contributed by atoms with Crippen molar-refractivity contribution in [3.63, 3.8) is 0 Å². The van der Waals surface area contributed by atoms with Crippen molar-refractivity contribution < 1.29 is 14.9 Å². The van der Waals surface area contributed by atoms with E-state index >= 15 is 0 Å². The summed E-state index contributed by atoms with van der Waals surface area (Å²) in [7, 11) is 0. The Bertz CT molecular complexity index is 31.9. The van der Waals surface area contributed by atoms with E-state index in [-0.39, 0.29) is 6.61 Å². The number of hydrogen-bond donors (Lipinski definition) is 1. The van der Waals surface area contributed by atoms with Gasteiger partial charge in [0.05, 0.1) is 0 Å². The summed E-state index contributed by atoms with van der Waals surface area (Å²) < 4.78 is 3.07. The maximum absolute atomic E-state index is 8.81. The zero-order valence-electron chi connectivity index (χ0n) is 2.55. The fourth-order valence-corrected chi connectivity index (χ4v) is 0.0304. The van der Waals surface area contributed by atoms with Crippen LogP contribution in [0, 0.1) is 0 Å². The minimum Gasteiger partial charge on any atom is -0.463 e. The van der Waals surface area contributed by atoms with Crippen LogP contribution in [0.5, 0.6) is 0 Å². The van der Waals surface area contributed by atoms with Gasteiger partial charge in [0.1, 0.15) is 0 Å². The van der Waals surface area contributed by atoms with Gasteiger partial charge in [-0.2, -0.15) is 4.58 Å². The fourth-order valence-electron chi connectivity index (χ4n) is 0.0304. The minimum absolute atomic E-state index is 0.316. The van der Waals surface area contributed by atoms with Crippen LogP contribution in [0.4, 0.5) is 0 Å². The third kappa shape index (κ3) is 3.43. The smallest absolute Gasteiger partial charge is 0.343 e. The highest BCUT2D eigenvalue weighted by molar-refractivity contribution is 5.50. The molecule has 0 aromatic rings. The molecule has 1 N–H and O–H groups in total. The first kappa shape index (κ1) is 4.43. The van der Waals surface area contributed by atoms with E-state index in [9.17, 15) is 0 Å². The van der Waals surface area contributed by atoms with Crippen molar-refractivity contribution in [2.24, 2.45) is 0 Å². The minimum atomic E-state index is -0.316. The molecule has 0 aliphatic heterocycles. The van der Waals surface area contributed by atoms with Crippen LogP contribution in [-0.2, 0) is 4.58 Å². The lowest BCUT2D eigenvalue weighted by molar-refractivity contribution is -1.04. The Morgan fingerprint density at radius 1 is 2.00 bits per heavy atom. The molecule has 0 radical (unpaired) electrons. The molecule has 0 amide bonds. The Morgan fingerprint density at radius 2 is 2.60 bits per heavy atom. The maximum Gasteiger partial charge on any atom is 0.343 e. The second kappa shape index (κ2) is 3.43. The molecule has 0 saturated carbocycles. The van der Waals surface area contributed by atoms with Crippen LogP contribution in [0.15, 0.2) is 0 Å². The Labute approximate surface area is 29.1 Å². The van der Waals surface area contributed by atoms with Gasteiger partial charge in [0, 0.05) is 0 Å². The lowest BCUT2D eigenvalue weighted by Gasteiger charge is -1.61. The largest absolute Gasteiger partial charge is 0.463 e. The molecule has 0 heterocycles. The predicted octanol–water partition coefficient (Wildman–Crippen LogP) is -2.01. The maximum atomic E-state index is 8.81. The van der Waals surface area contributed by atoms with E-state index in [4.69, 9.17) is 10.4 Å². The lowest BCUT2D eigenvalue weighted by Crippen LogP contribution is -1.98. The first-order valence-corrected chi connectivity index (χ1v) is 1.13. The zero-order valence-corrected chi connectivity index (χ0v) is 2.55. The molecule has 0 aromatic heterocycles. The van der Waals surface area contributed by atoms with Gasteiger partial charge in [-0.3, -0.25) is 0 Å². The molecule has 0 spiro atoms. The number of rotatable bonds is 1. The molecule has 5 heavy (non-hydrogen) atoms. The summed E-state index contributed by atoms with van der Waals surface area (Å²) in [6, 6.07) is 0. The molecule has 0 atom stereocenters. The zero-order chi connectivity index (χ0) is 4.12. The van der Waals surface area contributed by atoms with Crippen molar-refractivity contribution in [3.05, 3.63) is 0 Å². The first-order valence-electron chi connectivity index (χ1n) is 1.13. The molecular weight excluding hydrogens is 72.0 g/mol. The quantitative estimate of drug-likeness (QED) is 0.170. The normalized spacial score (nSPS) is 9.80. The number of aliphatic hydroxyl groups excluding tert-OH is 1. The van der Waals surface area contributed by atoms with Gasteiger partial charge in [-0.25, -0.2) is 0 Å². The van der Waals surface area contributed by atoms with Gasteiger partial charge < -0.3 is 10.4 Å². The fraction of sp³-hybridized carbons (Fsp3) is 0.500. The van der Waals surface area contributed by atoms with Gasteiger partial charge in [0.15, 0.2) is 6.61 Å². The van der Waals surface area contributed by atoms with Crippen molar-refractivity contribution in [2.45, 2.75) is 0 Å². The van der Waals surface area contributed by atoms with E-state index in [1.54, 1.807) is 0 Å². The predicted molar refractivity (Wildman–Crippen MR) is 13.1 cm³/mol. The van der Waals surface area contributed by atoms with Crippen LogP contribution in [-0.4, -0.2) is 18.0 Å². The van der Waals surface area contributed by atoms with Crippen LogP contribution in [0.1, 0.15) is 0 Å². The SMILES string of the molecule is [O-][O+]=CCO. The Hall–Kier alpha value is -0.570. The average Bonchev–Trinajstić information content (AvgIpc) is 1.41. The third-order valence-corrected chi connectivity index (χ3v) is 0.143. The average molecular weight is 76.1 g/mol. The topological polar surface area (TPSA) is 54.6 Å². The number of aliphatic hydroxyl groups is 1. The van der Waals surface area contributed by atoms with Crippen LogP contribution in [0.2, 0.25) is 0 Å². The molecule has 0 rings (SSSR count). The summed E-state index contributed by atoms with van der Waals surface area (Å²) in [4.78, 5) is 0. The number of carbonyl (C=O) groups excluding carboxylic acids is 1.